The molecule has 2 aliphatic rings. The summed E-state index contributed by atoms with van der Waals surface area (Å²) in [5.41, 5.74) is 2.01. The van der Waals surface area contributed by atoms with E-state index in [-0.39, 0.29) is 24.0 Å². The maximum atomic E-state index is 13.4. The molecule has 1 amide bonds. The van der Waals surface area contributed by atoms with Crippen LogP contribution >= 0.6 is 0 Å². The topological polar surface area (TPSA) is 98.4 Å². The third kappa shape index (κ3) is 4.74. The number of unbranched alkanes of at least 4 members (excludes halogenated alkanes) is 1. The van der Waals surface area contributed by atoms with Gasteiger partial charge in [-0.1, -0.05) is 19.4 Å². The van der Waals surface area contributed by atoms with Gasteiger partial charge >= 0.3 is 0 Å². The predicted molar refractivity (Wildman–Crippen MR) is 140 cm³/mol. The van der Waals surface area contributed by atoms with Crippen molar-refractivity contribution in [3.63, 3.8) is 0 Å². The molecule has 3 aromatic rings. The molecular formula is C30H31NO7. The van der Waals surface area contributed by atoms with Crippen molar-refractivity contribution in [3.8, 4) is 17.2 Å². The van der Waals surface area contributed by atoms with Crippen LogP contribution in [-0.2, 0) is 22.6 Å². The van der Waals surface area contributed by atoms with Crippen LogP contribution in [0.15, 0.2) is 64.8 Å². The average molecular weight is 518 g/mol. The van der Waals surface area contributed by atoms with E-state index in [1.54, 1.807) is 49.6 Å². The van der Waals surface area contributed by atoms with Crippen molar-refractivity contribution in [2.45, 2.75) is 51.8 Å². The van der Waals surface area contributed by atoms with Crippen molar-refractivity contribution < 1.29 is 33.3 Å². The number of nitrogens with zero attached hydrogens (tertiary/aromatic N) is 1. The fourth-order valence-electron chi connectivity index (χ4n) is 4.98. The number of Topliss-reactive ketones (excluding diaryl/α,β-unsaturated/α-hetero) is 1. The van der Waals surface area contributed by atoms with Gasteiger partial charge in [-0.05, 0) is 66.9 Å². The number of ketones is 1. The molecule has 1 aromatic heterocycles. The van der Waals surface area contributed by atoms with Crippen molar-refractivity contribution >= 4 is 17.4 Å². The first-order chi connectivity index (χ1) is 18.4. The van der Waals surface area contributed by atoms with Crippen LogP contribution < -0.4 is 14.2 Å². The highest BCUT2D eigenvalue weighted by atomic mass is 16.5. The second-order valence-electron chi connectivity index (χ2n) is 9.57. The van der Waals surface area contributed by atoms with E-state index in [1.165, 1.54) is 11.2 Å². The number of hydrogen-bond donors (Lipinski definition) is 1. The summed E-state index contributed by atoms with van der Waals surface area (Å²) in [4.78, 5) is 28.1. The predicted octanol–water partition coefficient (Wildman–Crippen LogP) is 5.41. The number of aliphatic hydroxyl groups is 1. The maximum Gasteiger partial charge on any atom is 0.296 e. The fraction of sp³-hybridized carbons (Fsp3) is 0.333. The lowest BCUT2D eigenvalue weighted by Crippen LogP contribution is -2.29. The first kappa shape index (κ1) is 25.4. The van der Waals surface area contributed by atoms with Crippen molar-refractivity contribution in [3.05, 3.63) is 82.8 Å². The van der Waals surface area contributed by atoms with E-state index in [4.69, 9.17) is 18.6 Å². The normalized spacial score (nSPS) is 19.9. The molecule has 38 heavy (non-hydrogen) atoms. The number of benzene rings is 2. The van der Waals surface area contributed by atoms with Gasteiger partial charge in [-0.25, -0.2) is 0 Å². The molecule has 1 saturated heterocycles. The SMILES string of the molecule is CCCCOc1ccc([C@@H]2C(=C(O)c3ccc4c(c3)C[C@@H](C)O4)C(=O)C(=O)N2Cc2ccco2)cc1OC. The number of fused-ring (bicyclic) bond motifs is 1. The zero-order chi connectivity index (χ0) is 26.8. The Morgan fingerprint density at radius 3 is 2.71 bits per heavy atom. The highest BCUT2D eigenvalue weighted by Gasteiger charge is 2.46. The van der Waals surface area contributed by atoms with Gasteiger partial charge in [-0.15, -0.1) is 0 Å². The monoisotopic (exact) mass is 517 g/mol. The summed E-state index contributed by atoms with van der Waals surface area (Å²) in [6.45, 7) is 4.67. The third-order valence-electron chi connectivity index (χ3n) is 6.87. The highest BCUT2D eigenvalue weighted by Crippen LogP contribution is 2.43. The van der Waals surface area contributed by atoms with Gasteiger partial charge in [0.1, 0.15) is 23.4 Å². The van der Waals surface area contributed by atoms with Crippen molar-refractivity contribution in [1.82, 2.24) is 4.90 Å². The van der Waals surface area contributed by atoms with E-state index in [9.17, 15) is 14.7 Å². The molecule has 8 heteroatoms. The number of aliphatic hydroxyl groups excluding tert-OH is 1. The smallest absolute Gasteiger partial charge is 0.296 e. The van der Waals surface area contributed by atoms with Gasteiger partial charge < -0.3 is 28.6 Å². The van der Waals surface area contributed by atoms with E-state index in [0.717, 1.165) is 24.2 Å². The third-order valence-corrected chi connectivity index (χ3v) is 6.87. The lowest BCUT2D eigenvalue weighted by Gasteiger charge is -2.25. The Labute approximate surface area is 221 Å². The Morgan fingerprint density at radius 2 is 1.97 bits per heavy atom. The summed E-state index contributed by atoms with van der Waals surface area (Å²) in [6.07, 6.45) is 4.14. The Bertz CT molecular complexity index is 1380. The van der Waals surface area contributed by atoms with Crippen molar-refractivity contribution in [2.75, 3.05) is 13.7 Å². The molecule has 0 bridgehead atoms. The summed E-state index contributed by atoms with van der Waals surface area (Å²) in [7, 11) is 1.54. The minimum Gasteiger partial charge on any atom is -0.507 e. The number of carbonyl (C=O) groups is 2. The number of rotatable bonds is 9. The molecule has 0 unspecified atom stereocenters. The Balaban J connectivity index is 1.60. The van der Waals surface area contributed by atoms with E-state index in [1.807, 2.05) is 13.0 Å². The molecule has 3 heterocycles. The van der Waals surface area contributed by atoms with E-state index in [2.05, 4.69) is 6.92 Å². The van der Waals surface area contributed by atoms with Gasteiger partial charge in [0.05, 0.1) is 38.1 Å². The number of methoxy groups -OCH3 is 1. The number of likely N-dealkylation sites (tertiary alicyclic amines) is 1. The van der Waals surface area contributed by atoms with Crippen LogP contribution in [0.3, 0.4) is 0 Å². The second-order valence-corrected chi connectivity index (χ2v) is 9.57. The summed E-state index contributed by atoms with van der Waals surface area (Å²) < 4.78 is 22.7. The van der Waals surface area contributed by atoms with Crippen LogP contribution in [-0.4, -0.2) is 41.5 Å². The molecule has 0 radical (unpaired) electrons. The van der Waals surface area contributed by atoms with Crippen molar-refractivity contribution in [2.24, 2.45) is 0 Å². The average Bonchev–Trinajstić information content (AvgIpc) is 3.63. The largest absolute Gasteiger partial charge is 0.507 e. The second kappa shape index (κ2) is 10.7. The molecule has 8 nitrogen and oxygen atoms in total. The zero-order valence-corrected chi connectivity index (χ0v) is 21.7. The maximum absolute atomic E-state index is 13.4. The van der Waals surface area contributed by atoms with Gasteiger partial charge in [0.15, 0.2) is 11.5 Å². The Kier molecular flexibility index (Phi) is 7.13. The number of ether oxygens (including phenoxy) is 3. The van der Waals surface area contributed by atoms with Crippen molar-refractivity contribution in [1.29, 1.82) is 0 Å². The molecule has 1 N–H and O–H groups in total. The summed E-state index contributed by atoms with van der Waals surface area (Å²) in [6, 6.07) is 13.2. The van der Waals surface area contributed by atoms with Crippen LogP contribution in [0.25, 0.3) is 5.76 Å². The molecular weight excluding hydrogens is 486 g/mol. The van der Waals surface area contributed by atoms with Gasteiger partial charge in [-0.3, -0.25) is 9.59 Å². The first-order valence-electron chi connectivity index (χ1n) is 12.8. The molecule has 0 aliphatic carbocycles. The highest BCUT2D eigenvalue weighted by molar-refractivity contribution is 6.46. The summed E-state index contributed by atoms with van der Waals surface area (Å²) in [5.74, 6) is 0.616. The fourth-order valence-corrected chi connectivity index (χ4v) is 4.98. The number of furan rings is 1. The number of hydrogen-bond acceptors (Lipinski definition) is 7. The number of carbonyl (C=O) groups excluding carboxylic acids is 2. The van der Waals surface area contributed by atoms with E-state index in [0.29, 0.717) is 41.4 Å². The van der Waals surface area contributed by atoms with Gasteiger partial charge in [0.25, 0.3) is 11.7 Å². The molecule has 2 aliphatic heterocycles. The summed E-state index contributed by atoms with van der Waals surface area (Å²) in [5, 5.41) is 11.5. The zero-order valence-electron chi connectivity index (χ0n) is 21.7. The lowest BCUT2D eigenvalue weighted by atomic mass is 9.94. The van der Waals surface area contributed by atoms with E-state index < -0.39 is 17.7 Å². The van der Waals surface area contributed by atoms with Crippen LogP contribution in [0.1, 0.15) is 55.2 Å². The molecule has 1 fully saturated rings. The summed E-state index contributed by atoms with van der Waals surface area (Å²) >= 11 is 0. The molecule has 0 saturated carbocycles. The minimum atomic E-state index is -0.859. The molecule has 5 rings (SSSR count). The number of amides is 1. The Hall–Kier alpha value is -4.20. The van der Waals surface area contributed by atoms with Gasteiger partial charge in [-0.2, -0.15) is 0 Å². The molecule has 2 atom stereocenters. The van der Waals surface area contributed by atoms with Crippen LogP contribution in [0.4, 0.5) is 0 Å². The standard InChI is InChI=1S/C30H31NO7/c1-4-5-12-37-24-11-8-19(16-25(24)35-3)27-26(29(33)30(34)31(27)17-22-7-6-13-36-22)28(32)20-9-10-23-21(15-20)14-18(2)38-23/h6-11,13,15-16,18,27,32H,4-5,12,14,17H2,1-3H3/t18-,27-/m1/s1. The minimum absolute atomic E-state index is 0.00942. The molecule has 2 aromatic carbocycles. The van der Waals surface area contributed by atoms with Gasteiger partial charge in [0, 0.05) is 12.0 Å². The quantitative estimate of drug-likeness (QED) is 0.175. The molecule has 198 valence electrons. The van der Waals surface area contributed by atoms with Gasteiger partial charge in [0.2, 0.25) is 0 Å². The van der Waals surface area contributed by atoms with E-state index >= 15 is 0 Å². The lowest BCUT2D eigenvalue weighted by molar-refractivity contribution is -0.140. The van der Waals surface area contributed by atoms with Crippen LogP contribution in [0, 0.1) is 0 Å². The Morgan fingerprint density at radius 1 is 1.13 bits per heavy atom. The van der Waals surface area contributed by atoms with Crippen LogP contribution in [0.2, 0.25) is 0 Å². The van der Waals surface area contributed by atoms with Crippen LogP contribution in [0.5, 0.6) is 17.2 Å². The molecule has 0 spiro atoms. The first-order valence-corrected chi connectivity index (χ1v) is 12.8.